The Kier molecular flexibility index (Phi) is 5.85. The van der Waals surface area contributed by atoms with Gasteiger partial charge in [-0.25, -0.2) is 12.8 Å². The van der Waals surface area contributed by atoms with E-state index in [1.807, 2.05) is 0 Å². The SMILES string of the molecule is Cc1c(NC(=O)C(C)N(c2ccccc2F)S(C)(=O)=O)cccc1C(N)=O. The van der Waals surface area contributed by atoms with Crippen molar-refractivity contribution in [2.24, 2.45) is 5.73 Å². The predicted molar refractivity (Wildman–Crippen MR) is 102 cm³/mol. The summed E-state index contributed by atoms with van der Waals surface area (Å²) in [5, 5.41) is 2.57. The average molecular weight is 393 g/mol. The molecule has 2 amide bonds. The highest BCUT2D eigenvalue weighted by molar-refractivity contribution is 7.92. The molecule has 2 aromatic carbocycles. The summed E-state index contributed by atoms with van der Waals surface area (Å²) >= 11 is 0. The van der Waals surface area contributed by atoms with Crippen LogP contribution in [0.25, 0.3) is 0 Å². The molecule has 144 valence electrons. The molecule has 7 nitrogen and oxygen atoms in total. The van der Waals surface area contributed by atoms with Crippen LogP contribution >= 0.6 is 0 Å². The summed E-state index contributed by atoms with van der Waals surface area (Å²) < 4.78 is 39.3. The molecule has 1 atom stereocenters. The largest absolute Gasteiger partial charge is 0.366 e. The van der Waals surface area contributed by atoms with Crippen LogP contribution in [0.1, 0.15) is 22.8 Å². The molecule has 0 aliphatic rings. The van der Waals surface area contributed by atoms with Crippen molar-refractivity contribution >= 4 is 33.2 Å². The number of carbonyl (C=O) groups excluding carboxylic acids is 2. The third kappa shape index (κ3) is 4.43. The second-order valence-electron chi connectivity index (χ2n) is 6.02. The Bertz CT molecular complexity index is 992. The summed E-state index contributed by atoms with van der Waals surface area (Å²) in [4.78, 5) is 24.1. The van der Waals surface area contributed by atoms with Crippen LogP contribution in [0.15, 0.2) is 42.5 Å². The number of hydrogen-bond donors (Lipinski definition) is 2. The minimum Gasteiger partial charge on any atom is -0.366 e. The molecule has 0 radical (unpaired) electrons. The molecule has 0 spiro atoms. The average Bonchev–Trinajstić information content (AvgIpc) is 2.57. The van der Waals surface area contributed by atoms with Gasteiger partial charge in [0.15, 0.2) is 0 Å². The molecule has 0 fully saturated rings. The Labute approximate surface area is 157 Å². The molecular formula is C18H20FN3O4S. The zero-order valence-corrected chi connectivity index (χ0v) is 15.9. The van der Waals surface area contributed by atoms with Gasteiger partial charge in [-0.3, -0.25) is 13.9 Å². The van der Waals surface area contributed by atoms with Crippen molar-refractivity contribution in [3.05, 3.63) is 59.4 Å². The summed E-state index contributed by atoms with van der Waals surface area (Å²) in [6.45, 7) is 2.95. The molecule has 0 aliphatic carbocycles. The maximum absolute atomic E-state index is 14.1. The predicted octanol–water partition coefficient (Wildman–Crippen LogP) is 2.03. The minimum absolute atomic E-state index is 0.231. The number of sulfonamides is 1. The maximum atomic E-state index is 14.1. The number of anilines is 2. The van der Waals surface area contributed by atoms with E-state index in [-0.39, 0.29) is 11.3 Å². The van der Waals surface area contributed by atoms with Crippen LogP contribution in [-0.2, 0) is 14.8 Å². The smallest absolute Gasteiger partial charge is 0.249 e. The van der Waals surface area contributed by atoms with E-state index in [4.69, 9.17) is 5.73 Å². The van der Waals surface area contributed by atoms with E-state index < -0.39 is 33.7 Å². The fourth-order valence-corrected chi connectivity index (χ4v) is 3.86. The number of nitrogens with two attached hydrogens (primary N) is 1. The molecule has 0 saturated heterocycles. The topological polar surface area (TPSA) is 110 Å². The van der Waals surface area contributed by atoms with Crippen molar-refractivity contribution < 1.29 is 22.4 Å². The maximum Gasteiger partial charge on any atom is 0.249 e. The van der Waals surface area contributed by atoms with Gasteiger partial charge in [0.05, 0.1) is 11.9 Å². The third-order valence-electron chi connectivity index (χ3n) is 4.04. The molecule has 27 heavy (non-hydrogen) atoms. The Morgan fingerprint density at radius 3 is 2.33 bits per heavy atom. The fraction of sp³-hybridized carbons (Fsp3) is 0.222. The highest BCUT2D eigenvalue weighted by Gasteiger charge is 2.31. The molecule has 0 heterocycles. The Hall–Kier alpha value is -2.94. The van der Waals surface area contributed by atoms with Gasteiger partial charge in [0.25, 0.3) is 0 Å². The zero-order chi connectivity index (χ0) is 20.4. The number of halogens is 1. The number of nitrogens with one attached hydrogen (secondary N) is 1. The molecule has 0 bridgehead atoms. The number of hydrogen-bond acceptors (Lipinski definition) is 4. The molecule has 0 aromatic heterocycles. The molecule has 3 N–H and O–H groups in total. The van der Waals surface area contributed by atoms with Gasteiger partial charge in [-0.15, -0.1) is 0 Å². The number of nitrogens with zero attached hydrogens (tertiary/aromatic N) is 1. The summed E-state index contributed by atoms with van der Waals surface area (Å²) in [6, 6.07) is 8.65. The molecule has 2 rings (SSSR count). The van der Waals surface area contributed by atoms with Gasteiger partial charge >= 0.3 is 0 Å². The number of primary amides is 1. The first kappa shape index (κ1) is 20.4. The molecule has 2 aromatic rings. The minimum atomic E-state index is -3.95. The molecule has 0 aliphatic heterocycles. The second kappa shape index (κ2) is 7.75. The Balaban J connectivity index is 2.39. The highest BCUT2D eigenvalue weighted by atomic mass is 32.2. The molecular weight excluding hydrogens is 373 g/mol. The lowest BCUT2D eigenvalue weighted by Gasteiger charge is -2.28. The van der Waals surface area contributed by atoms with Crippen LogP contribution in [0, 0.1) is 12.7 Å². The van der Waals surface area contributed by atoms with E-state index in [0.717, 1.165) is 12.3 Å². The lowest BCUT2D eigenvalue weighted by molar-refractivity contribution is -0.116. The van der Waals surface area contributed by atoms with Gasteiger partial charge < -0.3 is 11.1 Å². The van der Waals surface area contributed by atoms with E-state index in [9.17, 15) is 22.4 Å². The molecule has 0 saturated carbocycles. The monoisotopic (exact) mass is 393 g/mol. The second-order valence-corrected chi connectivity index (χ2v) is 7.88. The van der Waals surface area contributed by atoms with Crippen molar-refractivity contribution in [2.75, 3.05) is 15.9 Å². The van der Waals surface area contributed by atoms with E-state index in [2.05, 4.69) is 5.32 Å². The van der Waals surface area contributed by atoms with E-state index in [1.165, 1.54) is 31.2 Å². The van der Waals surface area contributed by atoms with Crippen molar-refractivity contribution in [1.82, 2.24) is 0 Å². The van der Waals surface area contributed by atoms with Gasteiger partial charge in [0.2, 0.25) is 21.8 Å². The number of amides is 2. The fourth-order valence-electron chi connectivity index (χ4n) is 2.69. The highest BCUT2D eigenvalue weighted by Crippen LogP contribution is 2.25. The van der Waals surface area contributed by atoms with Crippen molar-refractivity contribution in [2.45, 2.75) is 19.9 Å². The lowest BCUT2D eigenvalue weighted by atomic mass is 10.1. The van der Waals surface area contributed by atoms with E-state index in [0.29, 0.717) is 15.6 Å². The first-order valence-corrected chi connectivity index (χ1v) is 9.83. The Morgan fingerprint density at radius 1 is 1.15 bits per heavy atom. The summed E-state index contributed by atoms with van der Waals surface area (Å²) in [5.74, 6) is -2.11. The van der Waals surface area contributed by atoms with Crippen LogP contribution in [-0.4, -0.2) is 32.5 Å². The first-order valence-electron chi connectivity index (χ1n) is 7.98. The van der Waals surface area contributed by atoms with Gasteiger partial charge in [0.1, 0.15) is 11.9 Å². The summed E-state index contributed by atoms with van der Waals surface area (Å²) in [5.41, 5.74) is 6.05. The Morgan fingerprint density at radius 2 is 1.78 bits per heavy atom. The number of benzene rings is 2. The van der Waals surface area contributed by atoms with Crippen LogP contribution in [0.4, 0.5) is 15.8 Å². The van der Waals surface area contributed by atoms with Crippen molar-refractivity contribution in [3.8, 4) is 0 Å². The van der Waals surface area contributed by atoms with Gasteiger partial charge in [0, 0.05) is 11.3 Å². The quantitative estimate of drug-likeness (QED) is 0.782. The summed E-state index contributed by atoms with van der Waals surface area (Å²) in [6.07, 6.45) is 0.891. The normalized spacial score (nSPS) is 12.3. The standard InChI is InChI=1S/C18H20FN3O4S/c1-11-13(17(20)23)7-6-9-15(11)21-18(24)12(2)22(27(3,25)26)16-10-5-4-8-14(16)19/h4-10,12H,1-3H3,(H2,20,23)(H,21,24). The van der Waals surface area contributed by atoms with Crippen molar-refractivity contribution in [3.63, 3.8) is 0 Å². The first-order chi connectivity index (χ1) is 12.5. The van der Waals surface area contributed by atoms with Gasteiger partial charge in [-0.1, -0.05) is 18.2 Å². The lowest BCUT2D eigenvalue weighted by Crippen LogP contribution is -2.45. The van der Waals surface area contributed by atoms with Crippen molar-refractivity contribution in [1.29, 1.82) is 0 Å². The van der Waals surface area contributed by atoms with Crippen LogP contribution in [0.2, 0.25) is 0 Å². The van der Waals surface area contributed by atoms with Gasteiger partial charge in [-0.05, 0) is 43.7 Å². The van der Waals surface area contributed by atoms with E-state index in [1.54, 1.807) is 19.1 Å². The van der Waals surface area contributed by atoms with Crippen LogP contribution in [0.3, 0.4) is 0 Å². The van der Waals surface area contributed by atoms with Crippen LogP contribution in [0.5, 0.6) is 0 Å². The third-order valence-corrected chi connectivity index (χ3v) is 5.26. The van der Waals surface area contributed by atoms with E-state index >= 15 is 0 Å². The zero-order valence-electron chi connectivity index (χ0n) is 15.1. The molecule has 9 heteroatoms. The molecule has 1 unspecified atom stereocenters. The number of rotatable bonds is 6. The number of carbonyl (C=O) groups is 2. The van der Waals surface area contributed by atoms with Crippen LogP contribution < -0.4 is 15.4 Å². The summed E-state index contributed by atoms with van der Waals surface area (Å²) in [7, 11) is -3.95. The van der Waals surface area contributed by atoms with Gasteiger partial charge in [-0.2, -0.15) is 0 Å². The number of para-hydroxylation sites is 1.